The number of amidine groups is 1. The molecule has 0 unspecified atom stereocenters. The van der Waals surface area contributed by atoms with Crippen molar-refractivity contribution >= 4 is 40.9 Å². The first kappa shape index (κ1) is 23.3. The summed E-state index contributed by atoms with van der Waals surface area (Å²) in [5.41, 5.74) is 7.12. The lowest BCUT2D eigenvalue weighted by Crippen LogP contribution is -2.44. The van der Waals surface area contributed by atoms with Crippen molar-refractivity contribution in [2.24, 2.45) is 22.6 Å². The number of alkyl carbamates (subject to hydrolysis) is 1. The number of carbonyl (C=O) groups excluding carboxylic acids is 2. The lowest BCUT2D eigenvalue weighted by atomic mass is 9.74. The maximum Gasteiger partial charge on any atom is 0.407 e. The second-order valence-corrected chi connectivity index (χ2v) is 10.4. The molecular formula is C23H34N4O3S. The fourth-order valence-corrected chi connectivity index (χ4v) is 4.83. The van der Waals surface area contributed by atoms with Crippen molar-refractivity contribution in [3.63, 3.8) is 0 Å². The molecule has 1 aromatic rings. The molecule has 0 bridgehead atoms. The fraction of sp³-hybridized carbons (Fsp3) is 0.609. The zero-order valence-electron chi connectivity index (χ0n) is 18.9. The van der Waals surface area contributed by atoms with Gasteiger partial charge in [0.25, 0.3) is 0 Å². The molecule has 0 spiro atoms. The van der Waals surface area contributed by atoms with Gasteiger partial charge in [0.1, 0.15) is 11.4 Å². The van der Waals surface area contributed by atoms with Gasteiger partial charge in [-0.2, -0.15) is 0 Å². The highest BCUT2D eigenvalue weighted by atomic mass is 32.1. The Morgan fingerprint density at radius 1 is 1.32 bits per heavy atom. The van der Waals surface area contributed by atoms with Crippen LogP contribution in [0.4, 0.5) is 10.5 Å². The summed E-state index contributed by atoms with van der Waals surface area (Å²) in [5.74, 6) is 1.42. The minimum Gasteiger partial charge on any atom is -0.444 e. The van der Waals surface area contributed by atoms with Crippen LogP contribution in [0.1, 0.15) is 58.3 Å². The maximum atomic E-state index is 13.3. The predicted octanol–water partition coefficient (Wildman–Crippen LogP) is 4.31. The van der Waals surface area contributed by atoms with Crippen LogP contribution >= 0.6 is 11.3 Å². The van der Waals surface area contributed by atoms with E-state index in [0.29, 0.717) is 36.2 Å². The summed E-state index contributed by atoms with van der Waals surface area (Å²) >= 11 is 1.57. The number of aliphatic imine (C=N–C) groups is 1. The van der Waals surface area contributed by atoms with E-state index in [1.807, 2.05) is 43.2 Å². The number of thiophene rings is 1. The number of fused-ring (bicyclic) bond motifs is 1. The normalized spacial score (nSPS) is 20.5. The van der Waals surface area contributed by atoms with Crippen molar-refractivity contribution < 1.29 is 14.3 Å². The molecule has 1 aliphatic carbocycles. The fourth-order valence-electron chi connectivity index (χ4n) is 4.04. The summed E-state index contributed by atoms with van der Waals surface area (Å²) in [6.07, 6.45) is 4.87. The Labute approximate surface area is 188 Å². The van der Waals surface area contributed by atoms with E-state index in [0.717, 1.165) is 42.9 Å². The predicted molar refractivity (Wildman–Crippen MR) is 126 cm³/mol. The van der Waals surface area contributed by atoms with Crippen LogP contribution in [0.25, 0.3) is 6.08 Å². The minimum absolute atomic E-state index is 0.0524. The molecule has 2 amide bonds. The van der Waals surface area contributed by atoms with E-state index >= 15 is 0 Å². The standard InChI is InChI=1S/C23H34N4O3S/c1-5-7-27(14-16-9-15(10-16)13-25-22(29)30-23(2,3)4)21(28)17-11-19-18(6-8-31-19)26-20(24)12-17/h6,8,11,15-16H,5,7,9-10,12-14H2,1-4H3,(H2,24,26)(H,25,29). The molecular weight excluding hydrogens is 412 g/mol. The molecule has 7 nitrogen and oxygen atoms in total. The van der Waals surface area contributed by atoms with E-state index in [1.54, 1.807) is 11.3 Å². The molecule has 2 aliphatic rings. The van der Waals surface area contributed by atoms with Gasteiger partial charge in [0.05, 0.1) is 10.6 Å². The molecule has 0 aromatic carbocycles. The van der Waals surface area contributed by atoms with Crippen LogP contribution < -0.4 is 11.1 Å². The van der Waals surface area contributed by atoms with Gasteiger partial charge >= 0.3 is 6.09 Å². The van der Waals surface area contributed by atoms with E-state index < -0.39 is 5.60 Å². The summed E-state index contributed by atoms with van der Waals surface area (Å²) in [7, 11) is 0. The van der Waals surface area contributed by atoms with Crippen molar-refractivity contribution in [2.75, 3.05) is 19.6 Å². The van der Waals surface area contributed by atoms with Crippen LogP contribution in [0.3, 0.4) is 0 Å². The zero-order chi connectivity index (χ0) is 22.6. The van der Waals surface area contributed by atoms with Gasteiger partial charge in [0, 0.05) is 31.6 Å². The van der Waals surface area contributed by atoms with Crippen molar-refractivity contribution in [3.05, 3.63) is 21.9 Å². The first-order valence-corrected chi connectivity index (χ1v) is 11.9. The minimum atomic E-state index is -0.488. The van der Waals surface area contributed by atoms with Crippen LogP contribution in [0, 0.1) is 11.8 Å². The van der Waals surface area contributed by atoms with E-state index in [1.165, 1.54) is 0 Å². The first-order chi connectivity index (χ1) is 14.6. The maximum absolute atomic E-state index is 13.3. The molecule has 1 saturated carbocycles. The topological polar surface area (TPSA) is 97.0 Å². The monoisotopic (exact) mass is 446 g/mol. The van der Waals surface area contributed by atoms with Gasteiger partial charge in [-0.1, -0.05) is 6.92 Å². The SMILES string of the molecule is CCCN(CC1CC(CNC(=O)OC(C)(C)C)C1)C(=O)C1=Cc2sccc2N=C(N)C1. The van der Waals surface area contributed by atoms with Crippen LogP contribution in [0.5, 0.6) is 0 Å². The number of nitrogens with one attached hydrogen (secondary N) is 1. The van der Waals surface area contributed by atoms with Crippen LogP contribution in [0.15, 0.2) is 22.0 Å². The van der Waals surface area contributed by atoms with E-state index in [4.69, 9.17) is 10.5 Å². The molecule has 170 valence electrons. The zero-order valence-corrected chi connectivity index (χ0v) is 19.8. The van der Waals surface area contributed by atoms with E-state index in [-0.39, 0.29) is 12.0 Å². The van der Waals surface area contributed by atoms with Gasteiger partial charge in [0.15, 0.2) is 0 Å². The number of nitrogens with zero attached hydrogens (tertiary/aromatic N) is 2. The number of nitrogens with two attached hydrogens (primary N) is 1. The number of rotatable bonds is 7. The molecule has 1 aliphatic heterocycles. The number of carbonyl (C=O) groups is 2. The van der Waals surface area contributed by atoms with Gasteiger partial charge in [-0.25, -0.2) is 9.79 Å². The third-order valence-electron chi connectivity index (χ3n) is 5.42. The molecule has 0 atom stereocenters. The average Bonchev–Trinajstić information content (AvgIpc) is 2.99. The number of hydrogen-bond donors (Lipinski definition) is 2. The van der Waals surface area contributed by atoms with Gasteiger partial charge in [-0.05, 0) is 69.4 Å². The summed E-state index contributed by atoms with van der Waals surface area (Å²) in [6, 6.07) is 1.93. The molecule has 31 heavy (non-hydrogen) atoms. The summed E-state index contributed by atoms with van der Waals surface area (Å²) < 4.78 is 5.29. The Hall–Kier alpha value is -2.35. The molecule has 8 heteroatoms. The first-order valence-electron chi connectivity index (χ1n) is 11.0. The van der Waals surface area contributed by atoms with Crippen molar-refractivity contribution in [3.8, 4) is 0 Å². The van der Waals surface area contributed by atoms with Gasteiger partial charge < -0.3 is 20.7 Å². The lowest BCUT2D eigenvalue weighted by Gasteiger charge is -2.39. The second kappa shape index (κ2) is 9.85. The highest BCUT2D eigenvalue weighted by molar-refractivity contribution is 7.11. The Morgan fingerprint density at radius 2 is 2.06 bits per heavy atom. The lowest BCUT2D eigenvalue weighted by molar-refractivity contribution is -0.128. The molecule has 3 rings (SSSR count). The van der Waals surface area contributed by atoms with Crippen LogP contribution in [-0.4, -0.2) is 48.0 Å². The highest BCUT2D eigenvalue weighted by Crippen LogP contribution is 2.35. The number of hydrogen-bond acceptors (Lipinski definition) is 6. The van der Waals surface area contributed by atoms with Gasteiger partial charge in [0.2, 0.25) is 5.91 Å². The molecule has 0 radical (unpaired) electrons. The van der Waals surface area contributed by atoms with Gasteiger partial charge in [-0.15, -0.1) is 11.3 Å². The van der Waals surface area contributed by atoms with Crippen molar-refractivity contribution in [1.29, 1.82) is 0 Å². The summed E-state index contributed by atoms with van der Waals surface area (Å²) in [4.78, 5) is 32.5. The molecule has 3 N–H and O–H groups in total. The average molecular weight is 447 g/mol. The molecule has 1 fully saturated rings. The Morgan fingerprint density at radius 3 is 2.74 bits per heavy atom. The molecule has 2 heterocycles. The summed E-state index contributed by atoms with van der Waals surface area (Å²) in [5, 5.41) is 4.82. The Kier molecular flexibility index (Phi) is 7.41. The smallest absolute Gasteiger partial charge is 0.407 e. The Bertz CT molecular complexity index is 862. The largest absolute Gasteiger partial charge is 0.444 e. The second-order valence-electron chi connectivity index (χ2n) is 9.46. The van der Waals surface area contributed by atoms with Crippen LogP contribution in [0.2, 0.25) is 0 Å². The summed E-state index contributed by atoms with van der Waals surface area (Å²) in [6.45, 7) is 9.73. The molecule has 0 saturated heterocycles. The Balaban J connectivity index is 1.53. The third kappa shape index (κ3) is 6.56. The van der Waals surface area contributed by atoms with E-state index in [9.17, 15) is 9.59 Å². The quantitative estimate of drug-likeness (QED) is 0.652. The third-order valence-corrected chi connectivity index (χ3v) is 6.27. The molecule has 1 aromatic heterocycles. The van der Waals surface area contributed by atoms with Crippen molar-refractivity contribution in [1.82, 2.24) is 10.2 Å². The van der Waals surface area contributed by atoms with E-state index in [2.05, 4.69) is 17.2 Å². The van der Waals surface area contributed by atoms with Gasteiger partial charge in [-0.3, -0.25) is 4.79 Å². The highest BCUT2D eigenvalue weighted by Gasteiger charge is 2.33. The number of amides is 2. The van der Waals surface area contributed by atoms with Crippen LogP contribution in [-0.2, 0) is 9.53 Å². The number of ether oxygens (including phenoxy) is 1. The van der Waals surface area contributed by atoms with Crippen molar-refractivity contribution in [2.45, 2.75) is 59.0 Å².